The molecule has 167 valence electrons. The number of carbonyl (C=O) groups excluding carboxylic acids is 1. The van der Waals surface area contributed by atoms with E-state index in [0.717, 1.165) is 21.9 Å². The number of thiocarbonyl (C=S) groups is 1. The Labute approximate surface area is 188 Å². The number of nitrogens with one attached hydrogen (secondary N) is 1. The maximum atomic E-state index is 12.6. The first-order chi connectivity index (χ1) is 14.0. The van der Waals surface area contributed by atoms with Gasteiger partial charge in [0.15, 0.2) is 0 Å². The maximum absolute atomic E-state index is 12.6. The Balaban J connectivity index is 2.15. The molecule has 1 aliphatic rings. The average Bonchev–Trinajstić information content (AvgIpc) is 2.67. The van der Waals surface area contributed by atoms with Crippen LogP contribution >= 0.6 is 12.2 Å². The molecule has 0 bridgehead atoms. The van der Waals surface area contributed by atoms with Crippen LogP contribution in [-0.4, -0.2) is 46.7 Å². The third-order valence-corrected chi connectivity index (χ3v) is 7.26. The molecule has 1 N–H and O–H groups in total. The first-order valence-electron chi connectivity index (χ1n) is 10.5. The van der Waals surface area contributed by atoms with Crippen molar-refractivity contribution in [2.75, 3.05) is 20.8 Å². The standard InChI is InChI=1S/C23H36NO4SSi/c1-14(19(29)11-15-9-10-16(26-5)12-18(15)27-6)21-20(22(25)24-21)17(23(2,3)4)13-28-30(7)8/h9-10,12,14,17,20-21H,11,13H2,1-8H3,(H,24,25)/t14-,17+,20-,21+/m0/s1. The van der Waals surface area contributed by atoms with Gasteiger partial charge in [0, 0.05) is 35.9 Å². The largest absolute Gasteiger partial charge is 0.497 e. The SMILES string of the molecule is COc1ccc(CC(=S)[C@H](C)[C@H]2NC(=O)[C@H]2[C@@H](CO[Si](C)C)C(C)(C)C)c(OC)c1. The lowest BCUT2D eigenvalue weighted by molar-refractivity contribution is -0.143. The molecular formula is C23H36NO4SSi. The van der Waals surface area contributed by atoms with Crippen LogP contribution in [0.5, 0.6) is 11.5 Å². The van der Waals surface area contributed by atoms with Gasteiger partial charge in [0.25, 0.3) is 0 Å². The van der Waals surface area contributed by atoms with Crippen molar-refractivity contribution in [3.05, 3.63) is 23.8 Å². The molecular weight excluding hydrogens is 414 g/mol. The summed E-state index contributed by atoms with van der Waals surface area (Å²) in [5, 5.41) is 3.12. The number of hydrogen-bond acceptors (Lipinski definition) is 5. The number of methoxy groups -OCH3 is 2. The van der Waals surface area contributed by atoms with Gasteiger partial charge in [-0.25, -0.2) is 0 Å². The Kier molecular flexibility index (Phi) is 8.48. The van der Waals surface area contributed by atoms with Crippen LogP contribution in [0.15, 0.2) is 18.2 Å². The summed E-state index contributed by atoms with van der Waals surface area (Å²) in [5.74, 6) is 1.77. The Morgan fingerprint density at radius 2 is 1.90 bits per heavy atom. The van der Waals surface area contributed by atoms with E-state index in [1.165, 1.54) is 0 Å². The predicted octanol–water partition coefficient (Wildman–Crippen LogP) is 4.30. The lowest BCUT2D eigenvalue weighted by Crippen LogP contribution is -2.66. The minimum Gasteiger partial charge on any atom is -0.497 e. The van der Waals surface area contributed by atoms with Crippen molar-refractivity contribution < 1.29 is 18.7 Å². The summed E-state index contributed by atoms with van der Waals surface area (Å²) >= 11 is 5.82. The van der Waals surface area contributed by atoms with Gasteiger partial charge < -0.3 is 19.2 Å². The molecule has 5 nitrogen and oxygen atoms in total. The highest BCUT2D eigenvalue weighted by Gasteiger charge is 2.50. The first-order valence-corrected chi connectivity index (χ1v) is 13.3. The molecule has 1 radical (unpaired) electrons. The van der Waals surface area contributed by atoms with Crippen molar-refractivity contribution in [1.82, 2.24) is 5.32 Å². The molecule has 30 heavy (non-hydrogen) atoms. The summed E-state index contributed by atoms with van der Waals surface area (Å²) in [4.78, 5) is 13.5. The number of hydrogen-bond donors (Lipinski definition) is 1. The highest BCUT2D eigenvalue weighted by Crippen LogP contribution is 2.40. The van der Waals surface area contributed by atoms with E-state index < -0.39 is 9.04 Å². The van der Waals surface area contributed by atoms with Crippen molar-refractivity contribution in [2.45, 2.75) is 53.3 Å². The van der Waals surface area contributed by atoms with Gasteiger partial charge in [-0.15, -0.1) is 0 Å². The van der Waals surface area contributed by atoms with Crippen LogP contribution in [0.2, 0.25) is 13.1 Å². The molecule has 0 aromatic heterocycles. The van der Waals surface area contributed by atoms with Gasteiger partial charge >= 0.3 is 0 Å². The van der Waals surface area contributed by atoms with Gasteiger partial charge in [0.2, 0.25) is 14.9 Å². The number of amides is 1. The third-order valence-electron chi connectivity index (χ3n) is 6.00. The van der Waals surface area contributed by atoms with Crippen molar-refractivity contribution in [3.63, 3.8) is 0 Å². The summed E-state index contributed by atoms with van der Waals surface area (Å²) in [5.41, 5.74) is 0.996. The van der Waals surface area contributed by atoms with Crippen molar-refractivity contribution in [2.24, 2.45) is 23.2 Å². The predicted molar refractivity (Wildman–Crippen MR) is 127 cm³/mol. The fraction of sp³-hybridized carbons (Fsp3) is 0.652. The molecule has 0 aliphatic carbocycles. The van der Waals surface area contributed by atoms with Crippen LogP contribution in [0.3, 0.4) is 0 Å². The van der Waals surface area contributed by atoms with Gasteiger partial charge in [-0.05, 0) is 36.1 Å². The quantitative estimate of drug-likeness (QED) is 0.327. The third kappa shape index (κ3) is 5.83. The van der Waals surface area contributed by atoms with E-state index in [4.69, 9.17) is 26.1 Å². The lowest BCUT2D eigenvalue weighted by atomic mass is 9.64. The van der Waals surface area contributed by atoms with E-state index >= 15 is 0 Å². The van der Waals surface area contributed by atoms with E-state index in [1.807, 2.05) is 18.2 Å². The summed E-state index contributed by atoms with van der Waals surface area (Å²) in [7, 11) is 2.47. The number of β-lactam (4-membered cyclic amide) rings is 1. The molecule has 4 atom stereocenters. The summed E-state index contributed by atoms with van der Waals surface area (Å²) in [6.07, 6.45) is 0.622. The smallest absolute Gasteiger partial charge is 0.225 e. The molecule has 1 heterocycles. The van der Waals surface area contributed by atoms with Gasteiger partial charge in [0.05, 0.1) is 20.1 Å². The molecule has 2 rings (SSSR count). The fourth-order valence-electron chi connectivity index (χ4n) is 3.98. The van der Waals surface area contributed by atoms with Gasteiger partial charge in [-0.1, -0.05) is 46.0 Å². The molecule has 0 saturated carbocycles. The molecule has 0 spiro atoms. The topological polar surface area (TPSA) is 56.8 Å². The normalized spacial score (nSPS) is 20.9. The number of ether oxygens (including phenoxy) is 2. The highest BCUT2D eigenvalue weighted by atomic mass is 32.1. The Hall–Kier alpha value is -1.44. The van der Waals surface area contributed by atoms with Crippen molar-refractivity contribution in [1.29, 1.82) is 0 Å². The van der Waals surface area contributed by atoms with E-state index in [0.29, 0.717) is 13.0 Å². The average molecular weight is 451 g/mol. The zero-order chi connectivity index (χ0) is 22.6. The molecule has 1 aromatic carbocycles. The number of carbonyl (C=O) groups is 1. The van der Waals surface area contributed by atoms with Crippen LogP contribution in [0.4, 0.5) is 0 Å². The molecule has 0 unspecified atom stereocenters. The van der Waals surface area contributed by atoms with Crippen molar-refractivity contribution >= 4 is 32.0 Å². The van der Waals surface area contributed by atoms with Crippen LogP contribution in [0, 0.1) is 23.2 Å². The summed E-state index contributed by atoms with van der Waals surface area (Å²) < 4.78 is 16.8. The molecule has 1 aromatic rings. The highest BCUT2D eigenvalue weighted by molar-refractivity contribution is 7.80. The van der Waals surface area contributed by atoms with Crippen LogP contribution < -0.4 is 14.8 Å². The monoisotopic (exact) mass is 450 g/mol. The van der Waals surface area contributed by atoms with Crippen LogP contribution in [0.25, 0.3) is 0 Å². The zero-order valence-corrected chi connectivity index (χ0v) is 21.3. The molecule has 1 amide bonds. The van der Waals surface area contributed by atoms with Crippen molar-refractivity contribution in [3.8, 4) is 11.5 Å². The Morgan fingerprint density at radius 1 is 1.23 bits per heavy atom. The Morgan fingerprint density at radius 3 is 2.40 bits per heavy atom. The Bertz CT molecular complexity index is 762. The molecule has 1 fully saturated rings. The van der Waals surface area contributed by atoms with E-state index in [2.05, 4.69) is 46.1 Å². The summed E-state index contributed by atoms with van der Waals surface area (Å²) in [6, 6.07) is 5.82. The van der Waals surface area contributed by atoms with Gasteiger partial charge in [-0.3, -0.25) is 4.79 Å². The van der Waals surface area contributed by atoms with Gasteiger partial charge in [-0.2, -0.15) is 0 Å². The fourth-order valence-corrected chi connectivity index (χ4v) is 4.80. The van der Waals surface area contributed by atoms with E-state index in [-0.39, 0.29) is 35.1 Å². The molecule has 1 saturated heterocycles. The first kappa shape index (κ1) is 24.8. The van der Waals surface area contributed by atoms with Gasteiger partial charge in [0.1, 0.15) is 11.5 Å². The van der Waals surface area contributed by atoms with E-state index in [9.17, 15) is 4.79 Å². The minimum absolute atomic E-state index is 0.0292. The molecule has 1 aliphatic heterocycles. The van der Waals surface area contributed by atoms with E-state index in [1.54, 1.807) is 14.2 Å². The minimum atomic E-state index is -0.812. The van der Waals surface area contributed by atoms with Crippen LogP contribution in [-0.2, 0) is 15.6 Å². The van der Waals surface area contributed by atoms with Crippen LogP contribution in [0.1, 0.15) is 33.3 Å². The molecule has 7 heteroatoms. The maximum Gasteiger partial charge on any atom is 0.225 e. The summed E-state index contributed by atoms with van der Waals surface area (Å²) in [6.45, 7) is 13.5. The lowest BCUT2D eigenvalue weighted by Gasteiger charge is -2.48. The number of benzene rings is 1. The second kappa shape index (κ2) is 10.2. The number of rotatable bonds is 10. The zero-order valence-electron chi connectivity index (χ0n) is 19.5. The second-order valence-corrected chi connectivity index (χ2v) is 12.0. The second-order valence-electron chi connectivity index (χ2n) is 9.36.